The van der Waals surface area contributed by atoms with Gasteiger partial charge in [-0.05, 0) is 5.56 Å². The Balaban J connectivity index is 1.96. The van der Waals surface area contributed by atoms with Gasteiger partial charge in [0.2, 0.25) is 0 Å². The van der Waals surface area contributed by atoms with Gasteiger partial charge in [0.05, 0.1) is 12.5 Å². The molecule has 0 spiro atoms. The minimum absolute atomic E-state index is 0.0424. The normalized spacial score (nSPS) is 20.7. The van der Waals surface area contributed by atoms with Gasteiger partial charge in [0.25, 0.3) is 0 Å². The number of amides is 1. The largest absolute Gasteiger partial charge is 0.481 e. The molecule has 0 unspecified atom stereocenters. The Hall–Kier alpha value is -2.57. The number of hydrogen-bond acceptors (Lipinski definition) is 5. The van der Waals surface area contributed by atoms with Crippen LogP contribution in [0.1, 0.15) is 18.9 Å². The molecule has 1 heterocycles. The number of aliphatic carboxylic acids is 1. The molecule has 1 saturated heterocycles. The number of nitrogens with zero attached hydrogens (tertiary/aromatic N) is 1. The van der Waals surface area contributed by atoms with Gasteiger partial charge in [-0.1, -0.05) is 30.3 Å². The van der Waals surface area contributed by atoms with Gasteiger partial charge >= 0.3 is 18.0 Å². The first-order valence-corrected chi connectivity index (χ1v) is 7.31. The number of hydrogen-bond donors (Lipinski definition) is 1. The summed E-state index contributed by atoms with van der Waals surface area (Å²) < 4.78 is 10.3. The molecule has 0 aliphatic carbocycles. The molecule has 0 bridgehead atoms. The highest BCUT2D eigenvalue weighted by Crippen LogP contribution is 2.21. The topological polar surface area (TPSA) is 93.1 Å². The molecule has 1 aliphatic heterocycles. The molecule has 0 saturated carbocycles. The second-order valence-electron chi connectivity index (χ2n) is 5.45. The molecule has 2 atom stereocenters. The summed E-state index contributed by atoms with van der Waals surface area (Å²) in [7, 11) is 0. The van der Waals surface area contributed by atoms with E-state index in [0.717, 1.165) is 5.56 Å². The second kappa shape index (κ2) is 7.62. The number of rotatable bonds is 4. The Kier molecular flexibility index (Phi) is 5.56. The van der Waals surface area contributed by atoms with E-state index in [1.807, 2.05) is 30.3 Å². The number of ether oxygens (including phenoxy) is 2. The Morgan fingerprint density at radius 3 is 2.52 bits per heavy atom. The maximum atomic E-state index is 12.1. The Bertz CT molecular complexity index is 573. The van der Waals surface area contributed by atoms with Gasteiger partial charge in [0.1, 0.15) is 12.7 Å². The van der Waals surface area contributed by atoms with Crippen LogP contribution >= 0.6 is 0 Å². The summed E-state index contributed by atoms with van der Waals surface area (Å²) >= 11 is 0. The Morgan fingerprint density at radius 2 is 1.91 bits per heavy atom. The van der Waals surface area contributed by atoms with Crippen molar-refractivity contribution >= 4 is 18.0 Å². The van der Waals surface area contributed by atoms with Crippen molar-refractivity contribution in [2.75, 3.05) is 13.1 Å². The zero-order chi connectivity index (χ0) is 16.8. The number of carbonyl (C=O) groups excluding carboxylic acids is 2. The van der Waals surface area contributed by atoms with Crippen molar-refractivity contribution < 1.29 is 29.0 Å². The van der Waals surface area contributed by atoms with Crippen molar-refractivity contribution in [1.82, 2.24) is 4.90 Å². The minimum Gasteiger partial charge on any atom is -0.481 e. The standard InChI is InChI=1S/C16H19NO6/c1-11(18)23-14-7-13(15(19)20)8-17(9-14)16(21)22-10-12-5-3-2-4-6-12/h2-6,13-14H,7-10H2,1H3,(H,19,20)/t13-,14+/m1/s1. The number of carboxylic acid groups (broad SMARTS) is 1. The highest BCUT2D eigenvalue weighted by molar-refractivity contribution is 5.73. The van der Waals surface area contributed by atoms with E-state index >= 15 is 0 Å². The average Bonchev–Trinajstić information content (AvgIpc) is 2.52. The molecule has 1 amide bonds. The van der Waals surface area contributed by atoms with Crippen LogP contribution in [0.3, 0.4) is 0 Å². The maximum Gasteiger partial charge on any atom is 0.410 e. The Labute approximate surface area is 133 Å². The van der Waals surface area contributed by atoms with Gasteiger partial charge in [0, 0.05) is 19.9 Å². The number of esters is 1. The van der Waals surface area contributed by atoms with E-state index in [1.165, 1.54) is 11.8 Å². The summed E-state index contributed by atoms with van der Waals surface area (Å²) in [5.41, 5.74) is 0.837. The lowest BCUT2D eigenvalue weighted by Gasteiger charge is -2.34. The lowest BCUT2D eigenvalue weighted by atomic mass is 9.96. The molecule has 2 rings (SSSR count). The van der Waals surface area contributed by atoms with Crippen molar-refractivity contribution in [2.45, 2.75) is 26.1 Å². The molecule has 124 valence electrons. The first-order valence-electron chi connectivity index (χ1n) is 7.31. The molecule has 23 heavy (non-hydrogen) atoms. The molecule has 7 heteroatoms. The third kappa shape index (κ3) is 4.98. The predicted molar refractivity (Wildman–Crippen MR) is 79.5 cm³/mol. The van der Waals surface area contributed by atoms with Crippen molar-refractivity contribution in [2.24, 2.45) is 5.92 Å². The first kappa shape index (κ1) is 16.8. The van der Waals surface area contributed by atoms with Crippen LogP contribution in [0.4, 0.5) is 4.79 Å². The fourth-order valence-corrected chi connectivity index (χ4v) is 2.51. The number of carbonyl (C=O) groups is 3. The molecule has 0 aromatic heterocycles. The van der Waals surface area contributed by atoms with Gasteiger partial charge in [-0.25, -0.2) is 4.79 Å². The smallest absolute Gasteiger partial charge is 0.410 e. The van der Waals surface area contributed by atoms with E-state index in [4.69, 9.17) is 9.47 Å². The molecule has 7 nitrogen and oxygen atoms in total. The quantitative estimate of drug-likeness (QED) is 0.848. The van der Waals surface area contributed by atoms with Crippen molar-refractivity contribution in [3.8, 4) is 0 Å². The summed E-state index contributed by atoms with van der Waals surface area (Å²) in [6.07, 6.45) is -1.05. The van der Waals surface area contributed by atoms with Gasteiger partial charge in [0.15, 0.2) is 0 Å². The molecule has 1 aromatic rings. The van der Waals surface area contributed by atoms with E-state index in [2.05, 4.69) is 0 Å². The predicted octanol–water partition coefficient (Wildman–Crippen LogP) is 1.66. The van der Waals surface area contributed by atoms with Gasteiger partial charge in [-0.15, -0.1) is 0 Å². The number of benzene rings is 1. The van der Waals surface area contributed by atoms with E-state index in [-0.39, 0.29) is 26.1 Å². The fourth-order valence-electron chi connectivity index (χ4n) is 2.51. The summed E-state index contributed by atoms with van der Waals surface area (Å²) in [5, 5.41) is 9.18. The van der Waals surface area contributed by atoms with Crippen LogP contribution in [-0.4, -0.2) is 47.2 Å². The highest BCUT2D eigenvalue weighted by atomic mass is 16.6. The highest BCUT2D eigenvalue weighted by Gasteiger charge is 2.36. The molecule has 1 N–H and O–H groups in total. The lowest BCUT2D eigenvalue weighted by Crippen LogP contribution is -2.49. The summed E-state index contributed by atoms with van der Waals surface area (Å²) in [5.74, 6) is -2.31. The van der Waals surface area contributed by atoms with Crippen LogP contribution < -0.4 is 0 Å². The molecule has 1 aliphatic rings. The first-order chi connectivity index (χ1) is 11.0. The number of carboxylic acids is 1. The van der Waals surface area contributed by atoms with Crippen LogP contribution in [0.15, 0.2) is 30.3 Å². The zero-order valence-electron chi connectivity index (χ0n) is 12.8. The fraction of sp³-hybridized carbons (Fsp3) is 0.438. The zero-order valence-corrected chi connectivity index (χ0v) is 12.8. The van der Waals surface area contributed by atoms with E-state index in [9.17, 15) is 19.5 Å². The third-order valence-electron chi connectivity index (χ3n) is 3.56. The van der Waals surface area contributed by atoms with Crippen LogP contribution in [0.5, 0.6) is 0 Å². The molecular formula is C16H19NO6. The third-order valence-corrected chi connectivity index (χ3v) is 3.56. The summed E-state index contributed by atoms with van der Waals surface area (Å²) in [6, 6.07) is 9.18. The van der Waals surface area contributed by atoms with Crippen LogP contribution in [0.25, 0.3) is 0 Å². The van der Waals surface area contributed by atoms with Crippen LogP contribution in [0.2, 0.25) is 0 Å². The van der Waals surface area contributed by atoms with Gasteiger partial charge in [-0.3, -0.25) is 9.59 Å². The maximum absolute atomic E-state index is 12.1. The SMILES string of the molecule is CC(=O)O[C@H]1C[C@@H](C(=O)O)CN(C(=O)OCc2ccccc2)C1. The van der Waals surface area contributed by atoms with E-state index in [1.54, 1.807) is 0 Å². The molecular weight excluding hydrogens is 302 g/mol. The van der Waals surface area contributed by atoms with Crippen molar-refractivity contribution in [3.63, 3.8) is 0 Å². The van der Waals surface area contributed by atoms with Crippen molar-refractivity contribution in [1.29, 1.82) is 0 Å². The Morgan fingerprint density at radius 1 is 1.22 bits per heavy atom. The van der Waals surface area contributed by atoms with Crippen LogP contribution in [-0.2, 0) is 25.7 Å². The van der Waals surface area contributed by atoms with Gasteiger partial charge < -0.3 is 19.5 Å². The summed E-state index contributed by atoms with van der Waals surface area (Å²) in [4.78, 5) is 35.7. The second-order valence-corrected chi connectivity index (χ2v) is 5.45. The number of likely N-dealkylation sites (tertiary alicyclic amines) is 1. The lowest BCUT2D eigenvalue weighted by molar-refractivity contribution is -0.155. The average molecular weight is 321 g/mol. The monoisotopic (exact) mass is 321 g/mol. The number of piperidine rings is 1. The van der Waals surface area contributed by atoms with Gasteiger partial charge in [-0.2, -0.15) is 0 Å². The minimum atomic E-state index is -1.03. The van der Waals surface area contributed by atoms with E-state index in [0.29, 0.717) is 0 Å². The molecule has 0 radical (unpaired) electrons. The molecule has 1 fully saturated rings. The van der Waals surface area contributed by atoms with E-state index < -0.39 is 30.1 Å². The molecule has 1 aromatic carbocycles. The van der Waals surface area contributed by atoms with Crippen molar-refractivity contribution in [3.05, 3.63) is 35.9 Å². The summed E-state index contributed by atoms with van der Waals surface area (Å²) in [6.45, 7) is 1.53. The van der Waals surface area contributed by atoms with Crippen LogP contribution in [0, 0.1) is 5.92 Å².